The minimum absolute atomic E-state index is 0. The van der Waals surface area contributed by atoms with Gasteiger partial charge in [-0.3, -0.25) is 0 Å². The largest absolute Gasteiger partial charge is 0.493 e. The third kappa shape index (κ3) is 9.20. The van der Waals surface area contributed by atoms with Gasteiger partial charge in [0.15, 0.2) is 17.5 Å². The minimum Gasteiger partial charge on any atom is -0.493 e. The third-order valence-corrected chi connectivity index (χ3v) is 4.49. The molecule has 7 nitrogen and oxygen atoms in total. The first-order chi connectivity index (χ1) is 14.6. The first-order valence-corrected chi connectivity index (χ1v) is 10.5. The number of guanidine groups is 1. The summed E-state index contributed by atoms with van der Waals surface area (Å²) in [6, 6.07) is 10.2. The summed E-state index contributed by atoms with van der Waals surface area (Å²) < 4.78 is 11.0. The number of ether oxygens (including phenoxy) is 2. The Hall–Kier alpha value is -2.23. The number of rotatable bonds is 11. The van der Waals surface area contributed by atoms with Crippen molar-refractivity contribution in [2.75, 3.05) is 45.8 Å². The molecule has 2 rings (SSSR count). The monoisotopic (exact) mass is 541 g/mol. The highest BCUT2D eigenvalue weighted by atomic mass is 127. The minimum atomic E-state index is 0. The summed E-state index contributed by atoms with van der Waals surface area (Å²) in [7, 11) is 5.64. The summed E-state index contributed by atoms with van der Waals surface area (Å²) in [6.07, 6.45) is 3.77. The van der Waals surface area contributed by atoms with Crippen LogP contribution in [0.4, 0.5) is 5.82 Å². The van der Waals surface area contributed by atoms with Crippen LogP contribution in [-0.2, 0) is 13.0 Å². The maximum atomic E-state index is 5.66. The molecule has 1 aromatic heterocycles. The average Bonchev–Trinajstić information content (AvgIpc) is 2.75. The molecule has 0 bridgehead atoms. The summed E-state index contributed by atoms with van der Waals surface area (Å²) in [4.78, 5) is 11.0. The van der Waals surface area contributed by atoms with Gasteiger partial charge in [0.25, 0.3) is 0 Å². The van der Waals surface area contributed by atoms with E-state index in [-0.39, 0.29) is 24.0 Å². The van der Waals surface area contributed by atoms with Crippen molar-refractivity contribution in [3.8, 4) is 11.5 Å². The Balaban J connectivity index is 0.00000480. The summed E-state index contributed by atoms with van der Waals surface area (Å²) in [5.41, 5.74) is 2.36. The third-order valence-electron chi connectivity index (χ3n) is 4.49. The molecule has 172 valence electrons. The van der Waals surface area contributed by atoms with Crippen molar-refractivity contribution in [1.29, 1.82) is 0 Å². The smallest absolute Gasteiger partial charge is 0.191 e. The second kappa shape index (κ2) is 14.7. The molecular formula is C23H36IN5O2. The van der Waals surface area contributed by atoms with Crippen molar-refractivity contribution in [1.82, 2.24) is 15.6 Å². The van der Waals surface area contributed by atoms with Gasteiger partial charge in [0.2, 0.25) is 0 Å². The van der Waals surface area contributed by atoms with Crippen molar-refractivity contribution in [2.24, 2.45) is 4.99 Å². The molecule has 1 aromatic carbocycles. The summed E-state index contributed by atoms with van der Waals surface area (Å²) >= 11 is 0. The fraction of sp³-hybridized carbons (Fsp3) is 0.478. The van der Waals surface area contributed by atoms with Crippen LogP contribution >= 0.6 is 24.0 Å². The Morgan fingerprint density at radius 3 is 2.55 bits per heavy atom. The number of aryl methyl sites for hydroxylation is 1. The van der Waals surface area contributed by atoms with E-state index in [1.54, 1.807) is 7.11 Å². The fourth-order valence-electron chi connectivity index (χ4n) is 2.96. The Morgan fingerprint density at radius 1 is 1.06 bits per heavy atom. The van der Waals surface area contributed by atoms with E-state index in [1.807, 2.05) is 44.2 Å². The Kier molecular flexibility index (Phi) is 12.7. The quantitative estimate of drug-likeness (QED) is 0.195. The highest BCUT2D eigenvalue weighted by Crippen LogP contribution is 2.28. The molecule has 1 heterocycles. The molecule has 2 N–H and O–H groups in total. The molecule has 0 unspecified atom stereocenters. The number of aromatic nitrogens is 1. The lowest BCUT2D eigenvalue weighted by atomic mass is 10.1. The Morgan fingerprint density at radius 2 is 1.87 bits per heavy atom. The van der Waals surface area contributed by atoms with Crippen LogP contribution in [0.15, 0.2) is 41.5 Å². The van der Waals surface area contributed by atoms with E-state index in [0.717, 1.165) is 54.8 Å². The number of nitrogens with zero attached hydrogens (tertiary/aromatic N) is 3. The Labute approximate surface area is 203 Å². The van der Waals surface area contributed by atoms with Gasteiger partial charge in [-0.05, 0) is 62.1 Å². The van der Waals surface area contributed by atoms with Crippen molar-refractivity contribution in [2.45, 2.75) is 33.2 Å². The molecule has 0 atom stereocenters. The molecule has 0 saturated carbocycles. The number of anilines is 1. The van der Waals surface area contributed by atoms with E-state index in [4.69, 9.17) is 14.5 Å². The van der Waals surface area contributed by atoms with Crippen LogP contribution in [0.25, 0.3) is 0 Å². The maximum Gasteiger partial charge on any atom is 0.191 e. The molecule has 0 fully saturated rings. The molecule has 0 amide bonds. The van der Waals surface area contributed by atoms with Gasteiger partial charge < -0.3 is 25.0 Å². The first-order valence-electron chi connectivity index (χ1n) is 10.5. The van der Waals surface area contributed by atoms with E-state index in [1.165, 1.54) is 5.56 Å². The zero-order valence-corrected chi connectivity index (χ0v) is 21.6. The number of nitrogens with one attached hydrogen (secondary N) is 2. The van der Waals surface area contributed by atoms with Crippen molar-refractivity contribution < 1.29 is 9.47 Å². The molecule has 0 spiro atoms. The molecule has 0 aliphatic heterocycles. The number of methoxy groups -OCH3 is 1. The van der Waals surface area contributed by atoms with Gasteiger partial charge in [-0.25, -0.2) is 9.98 Å². The van der Waals surface area contributed by atoms with Gasteiger partial charge in [-0.2, -0.15) is 0 Å². The molecule has 0 saturated heterocycles. The lowest BCUT2D eigenvalue weighted by Gasteiger charge is -2.13. The predicted molar refractivity (Wildman–Crippen MR) is 139 cm³/mol. The van der Waals surface area contributed by atoms with E-state index < -0.39 is 0 Å². The molecule has 8 heteroatoms. The predicted octanol–water partition coefficient (Wildman–Crippen LogP) is 3.86. The van der Waals surface area contributed by atoms with Crippen molar-refractivity contribution >= 4 is 35.8 Å². The van der Waals surface area contributed by atoms with Crippen molar-refractivity contribution in [3.05, 3.63) is 47.7 Å². The van der Waals surface area contributed by atoms with Crippen molar-refractivity contribution in [3.63, 3.8) is 0 Å². The standard InChI is InChI=1S/C23H35N5O2.HI/c1-6-24-23(27-17-19-12-14-25-22(16-19)28(3)4)26-13-8-9-18-10-11-20(29-5)21(15-18)30-7-2;/h10-12,14-16H,6-9,13,17H2,1-5H3,(H2,24,26,27);1H. The number of benzene rings is 1. The highest BCUT2D eigenvalue weighted by Gasteiger charge is 2.06. The van der Waals surface area contributed by atoms with Crippen LogP contribution in [0.5, 0.6) is 11.5 Å². The molecule has 2 aromatic rings. The van der Waals surface area contributed by atoms with Crippen LogP contribution in [0.3, 0.4) is 0 Å². The summed E-state index contributed by atoms with van der Waals surface area (Å²) in [6.45, 7) is 6.93. The lowest BCUT2D eigenvalue weighted by Crippen LogP contribution is -2.37. The van der Waals surface area contributed by atoms with Gasteiger partial charge >= 0.3 is 0 Å². The van der Waals surface area contributed by atoms with Gasteiger partial charge in [0.05, 0.1) is 20.3 Å². The van der Waals surface area contributed by atoms with Crippen LogP contribution in [0, 0.1) is 0 Å². The molecule has 31 heavy (non-hydrogen) atoms. The second-order valence-electron chi connectivity index (χ2n) is 7.06. The van der Waals surface area contributed by atoms with Crippen LogP contribution in [0.2, 0.25) is 0 Å². The van der Waals surface area contributed by atoms with E-state index >= 15 is 0 Å². The van der Waals surface area contributed by atoms with Crippen LogP contribution in [0.1, 0.15) is 31.4 Å². The van der Waals surface area contributed by atoms with E-state index in [2.05, 4.69) is 40.7 Å². The number of aliphatic imine (C=N–C) groups is 1. The zero-order valence-electron chi connectivity index (χ0n) is 19.3. The molecule has 0 radical (unpaired) electrons. The van der Waals surface area contributed by atoms with Gasteiger partial charge in [-0.15, -0.1) is 24.0 Å². The lowest BCUT2D eigenvalue weighted by molar-refractivity contribution is 0.310. The second-order valence-corrected chi connectivity index (χ2v) is 7.06. The molecular weight excluding hydrogens is 505 g/mol. The first kappa shape index (κ1) is 26.8. The van der Waals surface area contributed by atoms with Crippen LogP contribution < -0.4 is 25.0 Å². The highest BCUT2D eigenvalue weighted by molar-refractivity contribution is 14.0. The number of pyridine rings is 1. The molecule has 0 aliphatic carbocycles. The SMILES string of the molecule is CCNC(=NCc1ccnc(N(C)C)c1)NCCCc1ccc(OC)c(OCC)c1.I. The van der Waals surface area contributed by atoms with Gasteiger partial charge in [0, 0.05) is 33.4 Å². The number of halogens is 1. The normalized spacial score (nSPS) is 10.8. The Bertz CT molecular complexity index is 814. The topological polar surface area (TPSA) is 71.0 Å². The summed E-state index contributed by atoms with van der Waals surface area (Å²) in [5, 5.41) is 6.72. The average molecular weight is 541 g/mol. The summed E-state index contributed by atoms with van der Waals surface area (Å²) in [5.74, 6) is 3.33. The van der Waals surface area contributed by atoms with E-state index in [0.29, 0.717) is 13.2 Å². The number of hydrogen-bond donors (Lipinski definition) is 2. The molecule has 0 aliphatic rings. The maximum absolute atomic E-state index is 5.66. The van der Waals surface area contributed by atoms with Crippen LogP contribution in [-0.4, -0.2) is 51.8 Å². The number of hydrogen-bond acceptors (Lipinski definition) is 5. The zero-order chi connectivity index (χ0) is 21.8. The fourth-order valence-corrected chi connectivity index (χ4v) is 2.96. The van der Waals surface area contributed by atoms with Gasteiger partial charge in [-0.1, -0.05) is 6.07 Å². The van der Waals surface area contributed by atoms with E-state index in [9.17, 15) is 0 Å². The van der Waals surface area contributed by atoms with Gasteiger partial charge in [0.1, 0.15) is 5.82 Å².